The minimum absolute atomic E-state index is 0.0183. The van der Waals surface area contributed by atoms with Crippen molar-refractivity contribution in [3.05, 3.63) is 119 Å². The molecule has 0 spiro atoms. The second-order valence-electron chi connectivity index (χ2n) is 8.86. The molecular weight excluding hydrogens is 525 g/mol. The van der Waals surface area contributed by atoms with Gasteiger partial charge in [0.25, 0.3) is 0 Å². The summed E-state index contributed by atoms with van der Waals surface area (Å²) in [5.74, 6) is -2.50. The minimum Gasteiger partial charge on any atom is -0.465 e. The molecule has 0 bridgehead atoms. The van der Waals surface area contributed by atoms with Gasteiger partial charge in [-0.2, -0.15) is 13.2 Å². The molecule has 1 unspecified atom stereocenters. The molecule has 10 heteroatoms. The van der Waals surface area contributed by atoms with Gasteiger partial charge in [0.2, 0.25) is 5.91 Å². The molecule has 3 aromatic carbocycles. The smallest absolute Gasteiger partial charge is 0.414 e. The molecule has 0 aromatic heterocycles. The number of alkyl halides is 3. The molecule has 0 aliphatic rings. The van der Waals surface area contributed by atoms with Gasteiger partial charge in [-0.3, -0.25) is 4.79 Å². The van der Waals surface area contributed by atoms with Crippen LogP contribution in [0.5, 0.6) is 0 Å². The molecule has 0 saturated heterocycles. The van der Waals surface area contributed by atoms with E-state index in [0.29, 0.717) is 5.56 Å². The van der Waals surface area contributed by atoms with Crippen molar-refractivity contribution in [1.29, 1.82) is 0 Å². The van der Waals surface area contributed by atoms with Crippen LogP contribution in [0.1, 0.15) is 40.0 Å². The van der Waals surface area contributed by atoms with Crippen LogP contribution >= 0.6 is 0 Å². The van der Waals surface area contributed by atoms with Crippen LogP contribution in [0.3, 0.4) is 0 Å². The third kappa shape index (κ3) is 8.72. The number of halogens is 3. The summed E-state index contributed by atoms with van der Waals surface area (Å²) in [4.78, 5) is 37.2. The highest BCUT2D eigenvalue weighted by Crippen LogP contribution is 2.37. The first kappa shape index (κ1) is 29.9. The summed E-state index contributed by atoms with van der Waals surface area (Å²) in [6.07, 6.45) is -5.24. The van der Waals surface area contributed by atoms with Gasteiger partial charge in [0.15, 0.2) is 0 Å². The third-order valence-corrected chi connectivity index (χ3v) is 5.93. The highest BCUT2D eigenvalue weighted by atomic mass is 19.4. The molecule has 2 amide bonds. The Morgan fingerprint density at radius 1 is 0.875 bits per heavy atom. The Labute approximate surface area is 230 Å². The van der Waals surface area contributed by atoms with Crippen LogP contribution in [0.15, 0.2) is 96.6 Å². The van der Waals surface area contributed by atoms with Gasteiger partial charge >= 0.3 is 18.2 Å². The number of nitrogens with one attached hydrogen (secondary N) is 2. The Hall–Kier alpha value is -4.60. The van der Waals surface area contributed by atoms with Gasteiger partial charge in [0.1, 0.15) is 6.61 Å². The number of hydrogen-bond donors (Lipinski definition) is 2. The molecule has 3 aromatic rings. The lowest BCUT2D eigenvalue weighted by atomic mass is 9.94. The zero-order valence-corrected chi connectivity index (χ0v) is 21.9. The number of esters is 1. The summed E-state index contributed by atoms with van der Waals surface area (Å²) in [6.45, 7) is 1.31. The first-order chi connectivity index (χ1) is 19.1. The van der Waals surface area contributed by atoms with Crippen LogP contribution < -0.4 is 10.6 Å². The molecular formula is C30H29F3N2O5. The summed E-state index contributed by atoms with van der Waals surface area (Å²) in [6, 6.07) is 21.0. The highest BCUT2D eigenvalue weighted by molar-refractivity contribution is 5.89. The SMILES string of the molecule is COC(=O)c1ccc(C(NC(=O)OCc2ccccc2)/C(=C/[C@@H](C)C(=O)NCc2ccccc2)C(F)(F)F)cc1. The summed E-state index contributed by atoms with van der Waals surface area (Å²) in [5.41, 5.74) is 0.395. The fourth-order valence-corrected chi connectivity index (χ4v) is 3.80. The van der Waals surface area contributed by atoms with Gasteiger partial charge in [0.05, 0.1) is 30.2 Å². The Morgan fingerprint density at radius 3 is 2.00 bits per heavy atom. The summed E-state index contributed by atoms with van der Waals surface area (Å²) < 4.78 is 53.1. The molecule has 2 N–H and O–H groups in total. The maximum absolute atomic E-state index is 14.4. The minimum atomic E-state index is -4.92. The predicted octanol–water partition coefficient (Wildman–Crippen LogP) is 5.88. The largest absolute Gasteiger partial charge is 0.465 e. The molecule has 0 aliphatic heterocycles. The lowest BCUT2D eigenvalue weighted by molar-refractivity contribution is -0.123. The molecule has 2 atom stereocenters. The maximum atomic E-state index is 14.4. The number of carbonyl (C=O) groups excluding carboxylic acids is 3. The molecule has 0 heterocycles. The number of carbonyl (C=O) groups is 3. The molecule has 0 saturated carbocycles. The van der Waals surface area contributed by atoms with E-state index in [4.69, 9.17) is 4.74 Å². The van der Waals surface area contributed by atoms with E-state index >= 15 is 0 Å². The van der Waals surface area contributed by atoms with E-state index < -0.39 is 41.7 Å². The first-order valence-electron chi connectivity index (χ1n) is 12.3. The average Bonchev–Trinajstić information content (AvgIpc) is 2.96. The van der Waals surface area contributed by atoms with Gasteiger partial charge in [-0.15, -0.1) is 0 Å². The Kier molecular flexibility index (Phi) is 10.5. The Morgan fingerprint density at radius 2 is 1.45 bits per heavy atom. The second-order valence-corrected chi connectivity index (χ2v) is 8.86. The number of hydrogen-bond acceptors (Lipinski definition) is 5. The lowest BCUT2D eigenvalue weighted by Gasteiger charge is -2.25. The first-order valence-corrected chi connectivity index (χ1v) is 12.3. The number of rotatable bonds is 10. The van der Waals surface area contributed by atoms with Crippen molar-refractivity contribution < 1.29 is 37.0 Å². The number of methoxy groups -OCH3 is 1. The Bertz CT molecular complexity index is 1310. The molecule has 0 fully saturated rings. The van der Waals surface area contributed by atoms with Gasteiger partial charge in [0, 0.05) is 6.54 Å². The van der Waals surface area contributed by atoms with Gasteiger partial charge < -0.3 is 20.1 Å². The average molecular weight is 555 g/mol. The zero-order chi connectivity index (χ0) is 29.1. The maximum Gasteiger partial charge on any atom is 0.414 e. The van der Waals surface area contributed by atoms with Crippen LogP contribution in [0, 0.1) is 5.92 Å². The standard InChI is InChI=1S/C30H29F3N2O5/c1-20(27(36)34-18-21-9-5-3-6-10-21)17-25(30(31,32)33)26(23-13-15-24(16-14-23)28(37)39-2)35-29(38)40-19-22-11-7-4-8-12-22/h3-17,20,26H,18-19H2,1-2H3,(H,34,36)(H,35,38)/b25-17-/t20-,26?/m1/s1. The van der Waals surface area contributed by atoms with Crippen molar-refractivity contribution in [1.82, 2.24) is 10.6 Å². The normalized spacial score (nSPS) is 13.1. The van der Waals surface area contributed by atoms with Crippen molar-refractivity contribution in [3.8, 4) is 0 Å². The monoisotopic (exact) mass is 554 g/mol. The molecule has 0 aliphatic carbocycles. The highest BCUT2D eigenvalue weighted by Gasteiger charge is 2.41. The summed E-state index contributed by atoms with van der Waals surface area (Å²) in [5, 5.41) is 4.90. The fourth-order valence-electron chi connectivity index (χ4n) is 3.80. The third-order valence-electron chi connectivity index (χ3n) is 5.93. The molecule has 0 radical (unpaired) electrons. The van der Waals surface area contributed by atoms with Crippen molar-refractivity contribution >= 4 is 18.0 Å². The van der Waals surface area contributed by atoms with E-state index in [0.717, 1.165) is 11.6 Å². The van der Waals surface area contributed by atoms with E-state index in [-0.39, 0.29) is 24.3 Å². The predicted molar refractivity (Wildman–Crippen MR) is 142 cm³/mol. The quantitative estimate of drug-likeness (QED) is 0.241. The number of alkyl carbamates (subject to hydrolysis) is 1. The van der Waals surface area contributed by atoms with E-state index in [2.05, 4.69) is 15.4 Å². The van der Waals surface area contributed by atoms with Crippen LogP contribution in [0.2, 0.25) is 0 Å². The number of amides is 2. The van der Waals surface area contributed by atoms with E-state index in [1.807, 2.05) is 6.07 Å². The Balaban J connectivity index is 1.88. The number of benzene rings is 3. The van der Waals surface area contributed by atoms with Crippen LogP contribution in [-0.4, -0.2) is 31.3 Å². The summed E-state index contributed by atoms with van der Waals surface area (Å²) in [7, 11) is 1.18. The van der Waals surface area contributed by atoms with Gasteiger partial charge in [-0.25, -0.2) is 9.59 Å². The van der Waals surface area contributed by atoms with Crippen molar-refractivity contribution in [2.75, 3.05) is 7.11 Å². The summed E-state index contributed by atoms with van der Waals surface area (Å²) >= 11 is 0. The van der Waals surface area contributed by atoms with Gasteiger partial charge in [-0.1, -0.05) is 85.8 Å². The van der Waals surface area contributed by atoms with E-state index in [9.17, 15) is 27.6 Å². The molecule has 7 nitrogen and oxygen atoms in total. The van der Waals surface area contributed by atoms with Crippen molar-refractivity contribution in [2.24, 2.45) is 5.92 Å². The zero-order valence-electron chi connectivity index (χ0n) is 21.9. The van der Waals surface area contributed by atoms with Crippen LogP contribution in [-0.2, 0) is 27.4 Å². The van der Waals surface area contributed by atoms with E-state index in [1.165, 1.54) is 38.3 Å². The molecule has 3 rings (SSSR count). The van der Waals surface area contributed by atoms with Crippen molar-refractivity contribution in [3.63, 3.8) is 0 Å². The lowest BCUT2D eigenvalue weighted by Crippen LogP contribution is -2.36. The van der Waals surface area contributed by atoms with Crippen LogP contribution in [0.4, 0.5) is 18.0 Å². The van der Waals surface area contributed by atoms with Crippen molar-refractivity contribution in [2.45, 2.75) is 32.3 Å². The number of ether oxygens (including phenoxy) is 2. The van der Waals surface area contributed by atoms with E-state index in [1.54, 1.807) is 54.6 Å². The molecule has 210 valence electrons. The van der Waals surface area contributed by atoms with Gasteiger partial charge in [-0.05, 0) is 28.8 Å². The topological polar surface area (TPSA) is 93.7 Å². The second kappa shape index (κ2) is 14.0. The van der Waals surface area contributed by atoms with Crippen LogP contribution in [0.25, 0.3) is 0 Å². The molecule has 40 heavy (non-hydrogen) atoms. The fraction of sp³-hybridized carbons (Fsp3) is 0.233.